The quantitative estimate of drug-likeness (QED) is 0.710. The molecule has 0 aliphatic heterocycles. The third-order valence-electron chi connectivity index (χ3n) is 4.53. The van der Waals surface area contributed by atoms with Crippen LogP contribution in [0.2, 0.25) is 0 Å². The molecule has 2 aromatic carbocycles. The summed E-state index contributed by atoms with van der Waals surface area (Å²) in [5, 5.41) is 5.63. The first-order chi connectivity index (χ1) is 12.0. The summed E-state index contributed by atoms with van der Waals surface area (Å²) in [6.07, 6.45) is 4.02. The van der Waals surface area contributed by atoms with Crippen LogP contribution in [0.5, 0.6) is 0 Å². The molecule has 132 valence electrons. The van der Waals surface area contributed by atoms with E-state index >= 15 is 0 Å². The molecule has 0 heterocycles. The van der Waals surface area contributed by atoms with Crippen LogP contribution in [-0.4, -0.2) is 12.8 Å². The number of hydrogen-bond acceptors (Lipinski definition) is 2. The first kappa shape index (κ1) is 18.7. The van der Waals surface area contributed by atoms with Crippen LogP contribution in [0.1, 0.15) is 47.2 Å². The monoisotopic (exact) mass is 338 g/mol. The van der Waals surface area contributed by atoms with Gasteiger partial charge in [0.15, 0.2) is 0 Å². The molecule has 0 atom stereocenters. The van der Waals surface area contributed by atoms with E-state index in [4.69, 9.17) is 0 Å². The maximum atomic E-state index is 10.8. The molecule has 0 bridgehead atoms. The van der Waals surface area contributed by atoms with Gasteiger partial charge in [0.25, 0.3) is 0 Å². The third kappa shape index (κ3) is 4.27. The van der Waals surface area contributed by atoms with Gasteiger partial charge in [-0.05, 0) is 66.5 Å². The van der Waals surface area contributed by atoms with Crippen LogP contribution in [0.3, 0.4) is 0 Å². The van der Waals surface area contributed by atoms with Crippen molar-refractivity contribution in [2.24, 2.45) is 0 Å². The van der Waals surface area contributed by atoms with Crippen LogP contribution in [-0.2, 0) is 28.9 Å². The summed E-state index contributed by atoms with van der Waals surface area (Å²) in [6.45, 7) is 8.23. The number of benzene rings is 2. The summed E-state index contributed by atoms with van der Waals surface area (Å²) in [5.74, 6) is 0. The van der Waals surface area contributed by atoms with Gasteiger partial charge in [0, 0.05) is 11.4 Å². The number of aryl methyl sites for hydroxylation is 4. The van der Waals surface area contributed by atoms with Crippen molar-refractivity contribution in [2.75, 3.05) is 10.6 Å². The molecule has 0 saturated heterocycles. The Morgan fingerprint density at radius 1 is 0.760 bits per heavy atom. The average Bonchev–Trinajstić information content (AvgIpc) is 2.59. The second-order valence-corrected chi connectivity index (χ2v) is 6.30. The maximum absolute atomic E-state index is 10.8. The molecule has 0 saturated carbocycles. The van der Waals surface area contributed by atoms with Gasteiger partial charge in [-0.15, -0.1) is 0 Å². The molecule has 0 aromatic heterocycles. The summed E-state index contributed by atoms with van der Waals surface area (Å²) >= 11 is 0. The van der Waals surface area contributed by atoms with E-state index in [0.29, 0.717) is 0 Å². The van der Waals surface area contributed by atoms with E-state index in [1.165, 1.54) is 11.1 Å². The number of amides is 2. The van der Waals surface area contributed by atoms with Gasteiger partial charge in [-0.3, -0.25) is 9.59 Å². The minimum atomic E-state index is 0.733. The molecule has 0 aliphatic rings. The molecule has 2 rings (SSSR count). The van der Waals surface area contributed by atoms with Crippen molar-refractivity contribution in [3.63, 3.8) is 0 Å². The normalized spacial score (nSPS) is 10.4. The van der Waals surface area contributed by atoms with E-state index < -0.39 is 0 Å². The van der Waals surface area contributed by atoms with Gasteiger partial charge in [0.2, 0.25) is 12.8 Å². The average molecular weight is 338 g/mol. The van der Waals surface area contributed by atoms with Crippen LogP contribution >= 0.6 is 0 Å². The van der Waals surface area contributed by atoms with Gasteiger partial charge >= 0.3 is 0 Å². The molecule has 2 aromatic rings. The van der Waals surface area contributed by atoms with Crippen molar-refractivity contribution in [3.05, 3.63) is 57.6 Å². The molecule has 0 spiro atoms. The van der Waals surface area contributed by atoms with Crippen molar-refractivity contribution in [3.8, 4) is 0 Å². The zero-order chi connectivity index (χ0) is 18.4. The van der Waals surface area contributed by atoms with E-state index in [-0.39, 0.29) is 0 Å². The first-order valence-electron chi connectivity index (χ1n) is 8.69. The highest BCUT2D eigenvalue weighted by molar-refractivity contribution is 5.77. The van der Waals surface area contributed by atoms with Crippen molar-refractivity contribution in [1.29, 1.82) is 0 Å². The van der Waals surface area contributed by atoms with Gasteiger partial charge in [0.1, 0.15) is 0 Å². The van der Waals surface area contributed by atoms with Crippen LogP contribution in [0.25, 0.3) is 0 Å². The predicted octanol–water partition coefficient (Wildman–Crippen LogP) is 4.16. The highest BCUT2D eigenvalue weighted by atomic mass is 16.1. The Labute approximate surface area is 149 Å². The number of carbonyl (C=O) groups excluding carboxylic acids is 2. The Hall–Kier alpha value is -2.62. The lowest BCUT2D eigenvalue weighted by molar-refractivity contribution is -0.106. The van der Waals surface area contributed by atoms with Crippen LogP contribution in [0.15, 0.2) is 24.3 Å². The van der Waals surface area contributed by atoms with Gasteiger partial charge in [0.05, 0.1) is 0 Å². The molecular weight excluding hydrogens is 312 g/mol. The third-order valence-corrected chi connectivity index (χ3v) is 4.53. The number of carbonyl (C=O) groups is 2. The molecule has 2 amide bonds. The van der Waals surface area contributed by atoms with Gasteiger partial charge in [-0.1, -0.05) is 38.1 Å². The van der Waals surface area contributed by atoms with Crippen LogP contribution in [0.4, 0.5) is 11.4 Å². The lowest BCUT2D eigenvalue weighted by Gasteiger charge is -2.16. The van der Waals surface area contributed by atoms with Crippen molar-refractivity contribution < 1.29 is 9.59 Å². The van der Waals surface area contributed by atoms with E-state index in [2.05, 4.69) is 48.7 Å². The predicted molar refractivity (Wildman–Crippen MR) is 103 cm³/mol. The standard InChI is InChI=1S/C21H26N2O2/c1-5-18-10-16(7-14(3)20(18)22-12-24)9-17-8-15(4)21(23-13-25)19(6-2)11-17/h7-8,10-13H,5-6,9H2,1-4H3,(H,22,24)(H,23,25). The molecule has 0 aliphatic carbocycles. The minimum absolute atomic E-state index is 0.733. The Morgan fingerprint density at radius 3 is 1.48 bits per heavy atom. The highest BCUT2D eigenvalue weighted by Gasteiger charge is 2.10. The summed E-state index contributed by atoms with van der Waals surface area (Å²) < 4.78 is 0. The zero-order valence-corrected chi connectivity index (χ0v) is 15.4. The van der Waals surface area contributed by atoms with E-state index in [1.807, 2.05) is 13.8 Å². The van der Waals surface area contributed by atoms with Crippen LogP contribution < -0.4 is 10.6 Å². The zero-order valence-electron chi connectivity index (χ0n) is 15.4. The molecule has 0 radical (unpaired) electrons. The van der Waals surface area contributed by atoms with Crippen molar-refractivity contribution >= 4 is 24.2 Å². The first-order valence-corrected chi connectivity index (χ1v) is 8.69. The Balaban J connectivity index is 2.39. The molecule has 2 N–H and O–H groups in total. The lowest BCUT2D eigenvalue weighted by atomic mass is 9.94. The van der Waals surface area contributed by atoms with Gasteiger partial charge < -0.3 is 10.6 Å². The molecule has 25 heavy (non-hydrogen) atoms. The summed E-state index contributed by atoms with van der Waals surface area (Å²) in [6, 6.07) is 8.59. The van der Waals surface area contributed by atoms with Crippen molar-refractivity contribution in [2.45, 2.75) is 47.0 Å². The Bertz CT molecular complexity index is 716. The lowest BCUT2D eigenvalue weighted by Crippen LogP contribution is -2.04. The number of nitrogens with one attached hydrogen (secondary N) is 2. The van der Waals surface area contributed by atoms with E-state index in [1.54, 1.807) is 0 Å². The SMILES string of the molecule is CCc1cc(Cc2cc(C)c(NC=O)c(CC)c2)cc(C)c1NC=O. The second-order valence-electron chi connectivity index (χ2n) is 6.30. The molecule has 0 fully saturated rings. The number of rotatable bonds is 8. The molecule has 4 heteroatoms. The largest absolute Gasteiger partial charge is 0.328 e. The van der Waals surface area contributed by atoms with E-state index in [0.717, 1.165) is 65.7 Å². The van der Waals surface area contributed by atoms with Crippen LogP contribution in [0, 0.1) is 13.8 Å². The topological polar surface area (TPSA) is 58.2 Å². The fraction of sp³-hybridized carbons (Fsp3) is 0.333. The maximum Gasteiger partial charge on any atom is 0.211 e. The number of hydrogen-bond donors (Lipinski definition) is 2. The summed E-state index contributed by atoms with van der Waals surface area (Å²) in [5.41, 5.74) is 8.73. The highest BCUT2D eigenvalue weighted by Crippen LogP contribution is 2.27. The molecule has 0 unspecified atom stereocenters. The van der Waals surface area contributed by atoms with Gasteiger partial charge in [-0.25, -0.2) is 0 Å². The Morgan fingerprint density at radius 2 is 1.16 bits per heavy atom. The second kappa shape index (κ2) is 8.47. The molecular formula is C21H26N2O2. The summed E-state index contributed by atoms with van der Waals surface area (Å²) in [7, 11) is 0. The number of anilines is 2. The Kier molecular flexibility index (Phi) is 6.34. The smallest absolute Gasteiger partial charge is 0.211 e. The fourth-order valence-corrected chi connectivity index (χ4v) is 3.41. The summed E-state index contributed by atoms with van der Waals surface area (Å²) in [4.78, 5) is 21.6. The van der Waals surface area contributed by atoms with Crippen molar-refractivity contribution in [1.82, 2.24) is 0 Å². The fourth-order valence-electron chi connectivity index (χ4n) is 3.41. The van der Waals surface area contributed by atoms with E-state index in [9.17, 15) is 9.59 Å². The molecule has 4 nitrogen and oxygen atoms in total. The minimum Gasteiger partial charge on any atom is -0.328 e. The van der Waals surface area contributed by atoms with Gasteiger partial charge in [-0.2, -0.15) is 0 Å².